The van der Waals surface area contributed by atoms with Crippen molar-refractivity contribution >= 4 is 39.6 Å². The van der Waals surface area contributed by atoms with E-state index in [1.54, 1.807) is 11.0 Å². The fourth-order valence-corrected chi connectivity index (χ4v) is 3.33. The monoisotopic (exact) mass is 344 g/mol. The van der Waals surface area contributed by atoms with Crippen molar-refractivity contribution in [2.45, 2.75) is 6.42 Å². The van der Waals surface area contributed by atoms with Crippen LogP contribution >= 0.6 is 23.6 Å². The summed E-state index contributed by atoms with van der Waals surface area (Å²) in [5, 5.41) is 7.68. The second kappa shape index (κ2) is 9.04. The molecule has 6 nitrogen and oxygen atoms in total. The highest BCUT2D eigenvalue weighted by molar-refractivity contribution is 7.80. The molecule has 3 N–H and O–H groups in total. The third kappa shape index (κ3) is 5.53. The first-order chi connectivity index (χ1) is 10.7. The van der Waals surface area contributed by atoms with Crippen LogP contribution in [0.15, 0.2) is 12.1 Å². The second-order valence-corrected chi connectivity index (χ2v) is 6.49. The standard InChI is InChI=1S/C14H21N3O3S2/c1-19-13(18)11-3-4-12(22-11)16-14(21)15-5-2-6-17-7-9-20-10-8-17/h3-4H,2,5-10H2,1H3,(H2,15,16,21)/p+1. The first-order valence-corrected chi connectivity index (χ1v) is 8.56. The number of nitrogens with one attached hydrogen (secondary N) is 3. The summed E-state index contributed by atoms with van der Waals surface area (Å²) in [6.07, 6.45) is 1.06. The van der Waals surface area contributed by atoms with Crippen molar-refractivity contribution < 1.29 is 19.2 Å². The molecule has 8 heteroatoms. The molecule has 2 rings (SSSR count). The van der Waals surface area contributed by atoms with Crippen LogP contribution in [-0.4, -0.2) is 57.6 Å². The van der Waals surface area contributed by atoms with E-state index in [1.807, 2.05) is 6.07 Å². The lowest BCUT2D eigenvalue weighted by molar-refractivity contribution is -0.908. The van der Waals surface area contributed by atoms with Crippen molar-refractivity contribution in [1.82, 2.24) is 5.32 Å². The molecular weight excluding hydrogens is 322 g/mol. The summed E-state index contributed by atoms with van der Waals surface area (Å²) in [4.78, 5) is 13.5. The molecular formula is C14H22N3O3S2+. The van der Waals surface area contributed by atoms with Gasteiger partial charge in [-0.2, -0.15) is 0 Å². The zero-order chi connectivity index (χ0) is 15.8. The number of hydrogen-bond donors (Lipinski definition) is 3. The van der Waals surface area contributed by atoms with Gasteiger partial charge in [0.2, 0.25) is 0 Å². The first kappa shape index (κ1) is 17.1. The smallest absolute Gasteiger partial charge is 0.348 e. The van der Waals surface area contributed by atoms with Crippen LogP contribution in [0.5, 0.6) is 0 Å². The minimum absolute atomic E-state index is 0.328. The van der Waals surface area contributed by atoms with Gasteiger partial charge in [0.1, 0.15) is 18.0 Å². The van der Waals surface area contributed by atoms with Gasteiger partial charge in [-0.05, 0) is 24.4 Å². The molecule has 0 atom stereocenters. The largest absolute Gasteiger partial charge is 0.465 e. The number of rotatable bonds is 6. The molecule has 0 spiro atoms. The lowest BCUT2D eigenvalue weighted by Gasteiger charge is -2.23. The number of anilines is 1. The SMILES string of the molecule is COC(=O)c1ccc(NC(=S)NCCC[NH+]2CCOCC2)s1. The van der Waals surface area contributed by atoms with Gasteiger partial charge >= 0.3 is 5.97 Å². The van der Waals surface area contributed by atoms with Gasteiger partial charge in [-0.15, -0.1) is 11.3 Å². The van der Waals surface area contributed by atoms with E-state index < -0.39 is 0 Å². The molecule has 0 radical (unpaired) electrons. The van der Waals surface area contributed by atoms with Crippen LogP contribution < -0.4 is 15.5 Å². The molecule has 1 aliphatic rings. The summed E-state index contributed by atoms with van der Waals surface area (Å²) >= 11 is 6.58. The number of ether oxygens (including phenoxy) is 2. The van der Waals surface area contributed by atoms with E-state index >= 15 is 0 Å². The molecule has 1 aromatic rings. The summed E-state index contributed by atoms with van der Waals surface area (Å²) in [6.45, 7) is 5.88. The van der Waals surface area contributed by atoms with Gasteiger partial charge in [0.05, 0.1) is 31.9 Å². The Morgan fingerprint density at radius 3 is 2.95 bits per heavy atom. The fraction of sp³-hybridized carbons (Fsp3) is 0.571. The molecule has 122 valence electrons. The molecule has 0 aliphatic carbocycles. The number of methoxy groups -OCH3 is 1. The van der Waals surface area contributed by atoms with Gasteiger partial charge in [-0.1, -0.05) is 0 Å². The van der Waals surface area contributed by atoms with Crippen LogP contribution in [0.3, 0.4) is 0 Å². The maximum Gasteiger partial charge on any atom is 0.348 e. The number of thiophene rings is 1. The molecule has 0 bridgehead atoms. The van der Waals surface area contributed by atoms with Crippen LogP contribution in [0, 0.1) is 0 Å². The van der Waals surface area contributed by atoms with Crippen molar-refractivity contribution in [2.75, 3.05) is 51.8 Å². The molecule has 0 unspecified atom stereocenters. The summed E-state index contributed by atoms with van der Waals surface area (Å²) in [5.41, 5.74) is 0. The number of quaternary nitrogens is 1. The molecule has 1 saturated heterocycles. The van der Waals surface area contributed by atoms with Gasteiger partial charge in [0, 0.05) is 13.0 Å². The quantitative estimate of drug-likeness (QED) is 0.387. The lowest BCUT2D eigenvalue weighted by Crippen LogP contribution is -3.14. The summed E-state index contributed by atoms with van der Waals surface area (Å²) in [7, 11) is 1.37. The lowest BCUT2D eigenvalue weighted by atomic mass is 10.3. The maximum atomic E-state index is 11.4. The first-order valence-electron chi connectivity index (χ1n) is 7.33. The molecule has 1 fully saturated rings. The molecule has 2 heterocycles. The highest BCUT2D eigenvalue weighted by Crippen LogP contribution is 2.22. The van der Waals surface area contributed by atoms with Crippen LogP contribution in [0.1, 0.15) is 16.1 Å². The topological polar surface area (TPSA) is 64.0 Å². The van der Waals surface area contributed by atoms with E-state index in [0.29, 0.717) is 9.99 Å². The number of esters is 1. The number of carbonyl (C=O) groups is 1. The van der Waals surface area contributed by atoms with E-state index in [4.69, 9.17) is 17.0 Å². The number of thiocarbonyl (C=S) groups is 1. The van der Waals surface area contributed by atoms with E-state index in [2.05, 4.69) is 15.4 Å². The normalized spacial score (nSPS) is 15.3. The predicted molar refractivity (Wildman–Crippen MR) is 90.9 cm³/mol. The van der Waals surface area contributed by atoms with E-state index in [9.17, 15) is 4.79 Å². The average Bonchev–Trinajstić information content (AvgIpc) is 3.00. The minimum atomic E-state index is -0.328. The van der Waals surface area contributed by atoms with Gasteiger partial charge in [-0.3, -0.25) is 0 Å². The van der Waals surface area contributed by atoms with Crippen molar-refractivity contribution in [1.29, 1.82) is 0 Å². The van der Waals surface area contributed by atoms with E-state index in [1.165, 1.54) is 18.4 Å². The molecule has 0 amide bonds. The number of hydrogen-bond acceptors (Lipinski definition) is 5. The Labute approximate surface area is 139 Å². The van der Waals surface area contributed by atoms with Crippen molar-refractivity contribution in [2.24, 2.45) is 0 Å². The molecule has 0 aromatic carbocycles. The summed E-state index contributed by atoms with van der Waals surface area (Å²) in [6, 6.07) is 3.55. The highest BCUT2D eigenvalue weighted by Gasteiger charge is 2.13. The molecule has 0 saturated carbocycles. The maximum absolute atomic E-state index is 11.4. The average molecular weight is 344 g/mol. The summed E-state index contributed by atoms with van der Waals surface area (Å²) < 4.78 is 10.0. The van der Waals surface area contributed by atoms with Crippen molar-refractivity contribution in [3.05, 3.63) is 17.0 Å². The Morgan fingerprint density at radius 2 is 2.23 bits per heavy atom. The van der Waals surface area contributed by atoms with Crippen molar-refractivity contribution in [3.63, 3.8) is 0 Å². The van der Waals surface area contributed by atoms with E-state index in [0.717, 1.165) is 50.8 Å². The number of carbonyl (C=O) groups excluding carboxylic acids is 1. The fourth-order valence-electron chi connectivity index (χ4n) is 2.22. The Bertz CT molecular complexity index is 501. The highest BCUT2D eigenvalue weighted by atomic mass is 32.1. The van der Waals surface area contributed by atoms with Gasteiger partial charge in [0.25, 0.3) is 0 Å². The van der Waals surface area contributed by atoms with Gasteiger partial charge in [0.15, 0.2) is 5.11 Å². The molecule has 1 aromatic heterocycles. The van der Waals surface area contributed by atoms with Crippen LogP contribution in [-0.2, 0) is 9.47 Å². The van der Waals surface area contributed by atoms with Crippen LogP contribution in [0.2, 0.25) is 0 Å². The third-order valence-corrected chi connectivity index (χ3v) is 4.65. The van der Waals surface area contributed by atoms with Gasteiger partial charge in [-0.25, -0.2) is 4.79 Å². The minimum Gasteiger partial charge on any atom is -0.465 e. The van der Waals surface area contributed by atoms with E-state index in [-0.39, 0.29) is 5.97 Å². The van der Waals surface area contributed by atoms with Gasteiger partial charge < -0.3 is 25.0 Å². The Hall–Kier alpha value is -1.22. The predicted octanol–water partition coefficient (Wildman–Crippen LogP) is 0.126. The Balaban J connectivity index is 1.63. The Morgan fingerprint density at radius 1 is 1.45 bits per heavy atom. The van der Waals surface area contributed by atoms with Crippen molar-refractivity contribution in [3.8, 4) is 0 Å². The third-order valence-electron chi connectivity index (χ3n) is 3.42. The molecule has 22 heavy (non-hydrogen) atoms. The van der Waals surface area contributed by atoms with Crippen LogP contribution in [0.4, 0.5) is 5.00 Å². The second-order valence-electron chi connectivity index (χ2n) is 5.00. The summed E-state index contributed by atoms with van der Waals surface area (Å²) in [5.74, 6) is -0.328. The Kier molecular flexibility index (Phi) is 7.04. The zero-order valence-corrected chi connectivity index (χ0v) is 14.3. The zero-order valence-electron chi connectivity index (χ0n) is 12.6. The number of morpholine rings is 1. The molecule has 1 aliphatic heterocycles. The van der Waals surface area contributed by atoms with Crippen LogP contribution in [0.25, 0.3) is 0 Å².